The van der Waals surface area contributed by atoms with Gasteiger partial charge >= 0.3 is 5.97 Å². The van der Waals surface area contributed by atoms with Crippen LogP contribution in [0.15, 0.2) is 35.9 Å². The van der Waals surface area contributed by atoms with Crippen molar-refractivity contribution >= 4 is 17.8 Å². The highest BCUT2D eigenvalue weighted by Crippen LogP contribution is 2.36. The van der Waals surface area contributed by atoms with Gasteiger partial charge < -0.3 is 19.7 Å². The Kier molecular flexibility index (Phi) is 8.72. The van der Waals surface area contributed by atoms with Crippen LogP contribution < -0.4 is 0 Å². The third-order valence-electron chi connectivity index (χ3n) is 7.59. The summed E-state index contributed by atoms with van der Waals surface area (Å²) in [5.41, 5.74) is 0.737. The van der Waals surface area contributed by atoms with Crippen molar-refractivity contribution in [1.29, 1.82) is 0 Å². The van der Waals surface area contributed by atoms with E-state index in [2.05, 4.69) is 0 Å². The van der Waals surface area contributed by atoms with E-state index in [1.807, 2.05) is 50.3 Å². The summed E-state index contributed by atoms with van der Waals surface area (Å²) in [7, 11) is 0. The van der Waals surface area contributed by atoms with E-state index in [4.69, 9.17) is 9.47 Å². The Balaban J connectivity index is 1.82. The molecular formula is C28H40O6. The number of aliphatic hydroxyl groups is 2. The molecule has 0 bridgehead atoms. The zero-order valence-corrected chi connectivity index (χ0v) is 21.1. The van der Waals surface area contributed by atoms with E-state index in [1.54, 1.807) is 20.8 Å². The van der Waals surface area contributed by atoms with Crippen molar-refractivity contribution < 1.29 is 29.3 Å². The standard InChI is InChI=1S/C28H40O6/c1-17-10-9-13-21-23(33-21)15-22(18(2)14-20-11-7-6-8-12-20)34-25(30)16-24(29)28(4,5)27(32)19(3)26(17)31/h6-8,11-12,14,17,19,21-24,26,29,31H,9-10,13,15-16H2,1-5H3/b18-14+/t17-,19+,21+,22-,23-,24-,26-/m0/s1. The topological polar surface area (TPSA) is 96.4 Å². The molecule has 2 fully saturated rings. The third kappa shape index (κ3) is 6.55. The molecule has 0 saturated carbocycles. The molecule has 34 heavy (non-hydrogen) atoms. The average Bonchev–Trinajstić information content (AvgIpc) is 3.54. The van der Waals surface area contributed by atoms with Crippen molar-refractivity contribution in [3.63, 3.8) is 0 Å². The molecule has 2 saturated heterocycles. The molecule has 0 spiro atoms. The third-order valence-corrected chi connectivity index (χ3v) is 7.59. The summed E-state index contributed by atoms with van der Waals surface area (Å²) < 4.78 is 11.7. The number of carbonyl (C=O) groups is 2. The fraction of sp³-hybridized carbons (Fsp3) is 0.643. The molecule has 0 aliphatic carbocycles. The number of rotatable bonds is 2. The molecule has 2 aliphatic rings. The first-order valence-corrected chi connectivity index (χ1v) is 12.5. The highest BCUT2D eigenvalue weighted by atomic mass is 16.6. The van der Waals surface area contributed by atoms with E-state index in [9.17, 15) is 19.8 Å². The van der Waals surface area contributed by atoms with Gasteiger partial charge in [-0.05, 0) is 36.8 Å². The van der Waals surface area contributed by atoms with Gasteiger partial charge in [0.15, 0.2) is 0 Å². The summed E-state index contributed by atoms with van der Waals surface area (Å²) in [5.74, 6) is -1.49. The van der Waals surface area contributed by atoms with E-state index < -0.39 is 35.6 Å². The quantitative estimate of drug-likeness (QED) is 0.492. The number of esters is 1. The number of Topliss-reactive ketones (excluding diaryl/α,β-unsaturated/α-hetero) is 1. The van der Waals surface area contributed by atoms with Gasteiger partial charge in [0.05, 0.1) is 36.3 Å². The lowest BCUT2D eigenvalue weighted by Crippen LogP contribution is -2.45. The van der Waals surface area contributed by atoms with Crippen LogP contribution in [-0.4, -0.2) is 52.5 Å². The zero-order chi connectivity index (χ0) is 25.0. The van der Waals surface area contributed by atoms with Gasteiger partial charge in [0, 0.05) is 12.3 Å². The van der Waals surface area contributed by atoms with Gasteiger partial charge in [0.1, 0.15) is 11.9 Å². The highest BCUT2D eigenvalue weighted by Gasteiger charge is 2.44. The van der Waals surface area contributed by atoms with E-state index in [0.717, 1.165) is 30.4 Å². The predicted octanol–water partition coefficient (Wildman–Crippen LogP) is 4.32. The molecule has 6 heteroatoms. The normalized spacial score (nSPS) is 35.9. The summed E-state index contributed by atoms with van der Waals surface area (Å²) in [6, 6.07) is 9.85. The summed E-state index contributed by atoms with van der Waals surface area (Å²) in [5, 5.41) is 21.6. The van der Waals surface area contributed by atoms with Crippen LogP contribution in [0, 0.1) is 17.3 Å². The SMILES string of the molecule is C/C(=C\c1ccccc1)[C@@H]1C[C@@H]2O[C@@H]2CCC[C@H](C)[C@H](O)[C@@H](C)C(=O)C(C)(C)[C@@H](O)CC(=O)O1. The minimum absolute atomic E-state index is 0.0203. The maximum atomic E-state index is 13.2. The Labute approximate surface area is 203 Å². The lowest BCUT2D eigenvalue weighted by molar-refractivity contribution is -0.154. The van der Waals surface area contributed by atoms with Gasteiger partial charge in [-0.1, -0.05) is 70.5 Å². The number of carbonyl (C=O) groups excluding carboxylic acids is 2. The van der Waals surface area contributed by atoms with Crippen molar-refractivity contribution in [2.24, 2.45) is 17.3 Å². The highest BCUT2D eigenvalue weighted by molar-refractivity contribution is 5.88. The minimum atomic E-state index is -1.21. The monoisotopic (exact) mass is 472 g/mol. The first-order valence-electron chi connectivity index (χ1n) is 12.5. The van der Waals surface area contributed by atoms with Crippen LogP contribution in [-0.2, 0) is 19.1 Å². The molecule has 7 atom stereocenters. The van der Waals surface area contributed by atoms with Gasteiger partial charge in [-0.2, -0.15) is 0 Å². The fourth-order valence-electron chi connectivity index (χ4n) is 4.91. The Bertz CT molecular complexity index is 876. The van der Waals surface area contributed by atoms with Gasteiger partial charge in [-0.25, -0.2) is 0 Å². The molecule has 3 rings (SSSR count). The Hall–Kier alpha value is -2.02. The fourth-order valence-corrected chi connectivity index (χ4v) is 4.91. The Morgan fingerprint density at radius 3 is 2.41 bits per heavy atom. The van der Waals surface area contributed by atoms with Crippen LogP contribution in [0.25, 0.3) is 6.08 Å². The minimum Gasteiger partial charge on any atom is -0.458 e. The van der Waals surface area contributed by atoms with Crippen LogP contribution in [0.5, 0.6) is 0 Å². The van der Waals surface area contributed by atoms with Crippen molar-refractivity contribution in [3.05, 3.63) is 41.5 Å². The maximum Gasteiger partial charge on any atom is 0.309 e. The molecule has 2 heterocycles. The number of fused-ring (bicyclic) bond motifs is 1. The molecule has 1 aromatic rings. The molecule has 2 aliphatic heterocycles. The van der Waals surface area contributed by atoms with Gasteiger partial charge in [-0.3, -0.25) is 9.59 Å². The number of hydrogen-bond donors (Lipinski definition) is 2. The Morgan fingerprint density at radius 2 is 1.74 bits per heavy atom. The van der Waals surface area contributed by atoms with Gasteiger partial charge in [0.2, 0.25) is 0 Å². The number of aliphatic hydroxyl groups excluding tert-OH is 2. The molecule has 0 radical (unpaired) electrons. The van der Waals surface area contributed by atoms with Crippen LogP contribution in [0.2, 0.25) is 0 Å². The van der Waals surface area contributed by atoms with Crippen LogP contribution in [0.1, 0.15) is 72.3 Å². The molecule has 0 unspecified atom stereocenters. The first-order chi connectivity index (χ1) is 16.0. The van der Waals surface area contributed by atoms with Gasteiger partial charge in [0.25, 0.3) is 0 Å². The van der Waals surface area contributed by atoms with Gasteiger partial charge in [-0.15, -0.1) is 0 Å². The molecule has 0 amide bonds. The van der Waals surface area contributed by atoms with E-state index in [0.29, 0.717) is 6.42 Å². The second-order valence-corrected chi connectivity index (χ2v) is 10.7. The van der Waals surface area contributed by atoms with E-state index in [1.165, 1.54) is 0 Å². The summed E-state index contributed by atoms with van der Waals surface area (Å²) in [4.78, 5) is 26.0. The molecule has 6 nitrogen and oxygen atoms in total. The largest absolute Gasteiger partial charge is 0.458 e. The van der Waals surface area contributed by atoms with E-state index >= 15 is 0 Å². The molecule has 188 valence electrons. The second kappa shape index (κ2) is 11.1. The number of ketones is 1. The number of hydrogen-bond acceptors (Lipinski definition) is 6. The van der Waals surface area contributed by atoms with Crippen molar-refractivity contribution in [2.45, 2.75) is 97.2 Å². The van der Waals surface area contributed by atoms with E-state index in [-0.39, 0.29) is 30.3 Å². The molecule has 0 aromatic heterocycles. The second-order valence-electron chi connectivity index (χ2n) is 10.7. The van der Waals surface area contributed by atoms with Crippen molar-refractivity contribution in [3.8, 4) is 0 Å². The predicted molar refractivity (Wildman–Crippen MR) is 131 cm³/mol. The lowest BCUT2D eigenvalue weighted by atomic mass is 9.73. The average molecular weight is 473 g/mol. The number of cyclic esters (lactones) is 1. The molecule has 1 aromatic carbocycles. The summed E-state index contributed by atoms with van der Waals surface area (Å²) >= 11 is 0. The number of epoxide rings is 1. The van der Waals surface area contributed by atoms with Crippen LogP contribution in [0.3, 0.4) is 0 Å². The number of ether oxygens (including phenoxy) is 2. The lowest BCUT2D eigenvalue weighted by Gasteiger charge is -2.34. The van der Waals surface area contributed by atoms with Crippen LogP contribution >= 0.6 is 0 Å². The zero-order valence-electron chi connectivity index (χ0n) is 21.1. The van der Waals surface area contributed by atoms with Crippen molar-refractivity contribution in [2.75, 3.05) is 0 Å². The summed E-state index contributed by atoms with van der Waals surface area (Å²) in [6.07, 6.45) is 2.47. The molecule has 2 N–H and O–H groups in total. The summed E-state index contributed by atoms with van der Waals surface area (Å²) in [6.45, 7) is 8.86. The first kappa shape index (κ1) is 26.6. The van der Waals surface area contributed by atoms with Crippen LogP contribution in [0.4, 0.5) is 0 Å². The number of benzene rings is 1. The van der Waals surface area contributed by atoms with Crippen molar-refractivity contribution in [1.82, 2.24) is 0 Å². The smallest absolute Gasteiger partial charge is 0.309 e. The molecular weight excluding hydrogens is 432 g/mol. The maximum absolute atomic E-state index is 13.2. The Morgan fingerprint density at radius 1 is 1.06 bits per heavy atom.